The van der Waals surface area contributed by atoms with Gasteiger partial charge in [0.25, 0.3) is 5.91 Å². The Kier molecular flexibility index (Phi) is 12.3. The third-order valence-corrected chi connectivity index (χ3v) is 10.6. The first-order valence-corrected chi connectivity index (χ1v) is 19.4. The summed E-state index contributed by atoms with van der Waals surface area (Å²) in [5.74, 6) is 1.55. The highest BCUT2D eigenvalue weighted by atomic mass is 16.5. The number of anilines is 3. The Balaban J connectivity index is 0.841. The van der Waals surface area contributed by atoms with E-state index in [2.05, 4.69) is 16.0 Å². The highest BCUT2D eigenvalue weighted by Gasteiger charge is 2.36. The number of carbonyl (C=O) groups is 4. The first kappa shape index (κ1) is 38.9. The SMILES string of the molecule is CN(/C=C/C(=O)N1CCC([C@@H]2CCNc3c(C(N)=O)c(-c4ccc(Oc5ccccc5)cc4)nn32)CC1)CCOCCNc1ccc(N2CCC(=O)NC2=O)cc1. The van der Waals surface area contributed by atoms with Crippen molar-refractivity contribution in [2.24, 2.45) is 11.7 Å². The van der Waals surface area contributed by atoms with Crippen molar-refractivity contribution in [3.05, 3.63) is 96.7 Å². The van der Waals surface area contributed by atoms with Gasteiger partial charge in [0, 0.05) is 82.0 Å². The van der Waals surface area contributed by atoms with Gasteiger partial charge in [-0.15, -0.1) is 0 Å². The molecule has 4 heterocycles. The van der Waals surface area contributed by atoms with Gasteiger partial charge in [-0.25, -0.2) is 9.48 Å². The van der Waals surface area contributed by atoms with Crippen LogP contribution in [0.2, 0.25) is 0 Å². The molecule has 1 atom stereocenters. The molecule has 0 saturated carbocycles. The summed E-state index contributed by atoms with van der Waals surface area (Å²) >= 11 is 0. The van der Waals surface area contributed by atoms with Crippen molar-refractivity contribution < 1.29 is 28.7 Å². The number of urea groups is 1. The number of hydrogen-bond donors (Lipinski definition) is 4. The Labute approximate surface area is 331 Å². The van der Waals surface area contributed by atoms with Crippen LogP contribution in [0.25, 0.3) is 11.3 Å². The maximum absolute atomic E-state index is 13.1. The van der Waals surface area contributed by atoms with Crippen LogP contribution in [0.4, 0.5) is 22.0 Å². The van der Waals surface area contributed by atoms with Crippen LogP contribution in [0.5, 0.6) is 11.5 Å². The third kappa shape index (κ3) is 9.55. The van der Waals surface area contributed by atoms with Crippen molar-refractivity contribution in [1.29, 1.82) is 0 Å². The van der Waals surface area contributed by atoms with Gasteiger partial charge in [0.05, 0.1) is 19.3 Å². The van der Waals surface area contributed by atoms with Crippen LogP contribution in [0.1, 0.15) is 42.1 Å². The minimum atomic E-state index is -0.531. The Hall–Kier alpha value is -6.35. The van der Waals surface area contributed by atoms with Gasteiger partial charge in [-0.1, -0.05) is 18.2 Å². The van der Waals surface area contributed by atoms with Crippen LogP contribution in [-0.2, 0) is 14.3 Å². The molecule has 0 unspecified atom stereocenters. The Morgan fingerprint density at radius 1 is 0.947 bits per heavy atom. The number of fused-ring (bicyclic) bond motifs is 1. The minimum Gasteiger partial charge on any atom is -0.457 e. The van der Waals surface area contributed by atoms with E-state index in [1.807, 2.05) is 100 Å². The first-order chi connectivity index (χ1) is 27.7. The van der Waals surface area contributed by atoms with E-state index < -0.39 is 11.9 Å². The molecule has 0 aliphatic carbocycles. The van der Waals surface area contributed by atoms with Crippen molar-refractivity contribution in [2.75, 3.05) is 75.1 Å². The predicted molar refractivity (Wildman–Crippen MR) is 217 cm³/mol. The number of likely N-dealkylation sites (tertiary alicyclic amines) is 1. The van der Waals surface area contributed by atoms with E-state index in [4.69, 9.17) is 20.3 Å². The summed E-state index contributed by atoms with van der Waals surface area (Å²) in [6.45, 7) is 4.60. The molecule has 0 radical (unpaired) electrons. The molecule has 3 aliphatic heterocycles. The number of hydrogen-bond acceptors (Lipinski definition) is 10. The average Bonchev–Trinajstić information content (AvgIpc) is 3.63. The van der Waals surface area contributed by atoms with E-state index in [1.54, 1.807) is 17.2 Å². The zero-order chi connectivity index (χ0) is 39.7. The van der Waals surface area contributed by atoms with Crippen molar-refractivity contribution >= 4 is 40.9 Å². The second-order valence-corrected chi connectivity index (χ2v) is 14.4. The number of likely N-dealkylation sites (N-methyl/N-ethyl adjacent to an activating group) is 1. The molecule has 5 N–H and O–H groups in total. The molecule has 3 aliphatic rings. The van der Waals surface area contributed by atoms with Crippen LogP contribution in [-0.4, -0.2) is 103 Å². The summed E-state index contributed by atoms with van der Waals surface area (Å²) in [7, 11) is 1.91. The van der Waals surface area contributed by atoms with E-state index in [-0.39, 0.29) is 24.3 Å². The molecule has 298 valence electrons. The number of piperidine rings is 1. The Morgan fingerprint density at radius 3 is 2.40 bits per heavy atom. The van der Waals surface area contributed by atoms with Crippen molar-refractivity contribution in [3.63, 3.8) is 0 Å². The number of rotatable bonds is 15. The smallest absolute Gasteiger partial charge is 0.328 e. The minimum absolute atomic E-state index is 0.0195. The number of carbonyl (C=O) groups excluding carboxylic acids is 4. The molecule has 2 fully saturated rings. The lowest BCUT2D eigenvalue weighted by Crippen LogP contribution is -2.49. The summed E-state index contributed by atoms with van der Waals surface area (Å²) in [5, 5.41) is 14.0. The fourth-order valence-electron chi connectivity index (χ4n) is 7.50. The number of nitrogens with one attached hydrogen (secondary N) is 3. The summed E-state index contributed by atoms with van der Waals surface area (Å²) < 4.78 is 13.7. The van der Waals surface area contributed by atoms with Gasteiger partial charge in [0.2, 0.25) is 11.8 Å². The average molecular weight is 776 g/mol. The van der Waals surface area contributed by atoms with Gasteiger partial charge in [-0.3, -0.25) is 24.6 Å². The normalized spacial score (nSPS) is 17.2. The fourth-order valence-corrected chi connectivity index (χ4v) is 7.50. The molecular formula is C42H49N9O6. The zero-order valence-corrected chi connectivity index (χ0v) is 32.1. The second-order valence-electron chi connectivity index (χ2n) is 14.4. The second kappa shape index (κ2) is 18.1. The van der Waals surface area contributed by atoms with E-state index in [0.717, 1.165) is 42.0 Å². The van der Waals surface area contributed by atoms with Crippen LogP contribution in [0.3, 0.4) is 0 Å². The number of para-hydroxylation sites is 1. The number of aromatic nitrogens is 2. The van der Waals surface area contributed by atoms with Gasteiger partial charge in [-0.05, 0) is 85.8 Å². The molecular weight excluding hydrogens is 727 g/mol. The fraction of sp³-hybridized carbons (Fsp3) is 0.357. The number of amides is 5. The van der Waals surface area contributed by atoms with Crippen molar-refractivity contribution in [2.45, 2.75) is 31.7 Å². The molecule has 15 nitrogen and oxygen atoms in total. The quantitative estimate of drug-likeness (QED) is 0.0944. The predicted octanol–water partition coefficient (Wildman–Crippen LogP) is 5.06. The molecule has 0 bridgehead atoms. The summed E-state index contributed by atoms with van der Waals surface area (Å²) in [5.41, 5.74) is 9.27. The number of benzene rings is 3. The highest BCUT2D eigenvalue weighted by Crippen LogP contribution is 2.40. The van der Waals surface area contributed by atoms with Crippen molar-refractivity contribution in [3.8, 4) is 22.8 Å². The lowest BCUT2D eigenvalue weighted by atomic mass is 9.87. The topological polar surface area (TPSA) is 176 Å². The summed E-state index contributed by atoms with van der Waals surface area (Å²) in [6.07, 6.45) is 6.22. The van der Waals surface area contributed by atoms with Gasteiger partial charge < -0.3 is 35.6 Å². The van der Waals surface area contributed by atoms with Gasteiger partial charge >= 0.3 is 6.03 Å². The van der Waals surface area contributed by atoms with Crippen LogP contribution in [0.15, 0.2) is 91.1 Å². The highest BCUT2D eigenvalue weighted by molar-refractivity contribution is 6.05. The van der Waals surface area contributed by atoms with Crippen LogP contribution in [0, 0.1) is 5.92 Å². The molecule has 3 aromatic carbocycles. The van der Waals surface area contributed by atoms with Gasteiger partial charge in [0.1, 0.15) is 28.6 Å². The molecule has 4 aromatic rings. The number of nitrogens with zero attached hydrogens (tertiary/aromatic N) is 5. The van der Waals surface area contributed by atoms with Crippen LogP contribution >= 0.6 is 0 Å². The monoisotopic (exact) mass is 775 g/mol. The van der Waals surface area contributed by atoms with E-state index >= 15 is 0 Å². The van der Waals surface area contributed by atoms with Crippen molar-refractivity contribution in [1.82, 2.24) is 24.9 Å². The Bertz CT molecular complexity index is 2060. The maximum atomic E-state index is 13.1. The van der Waals surface area contributed by atoms with E-state index in [0.29, 0.717) is 81.2 Å². The zero-order valence-electron chi connectivity index (χ0n) is 32.1. The lowest BCUT2D eigenvalue weighted by Gasteiger charge is -2.38. The Morgan fingerprint density at radius 2 is 1.68 bits per heavy atom. The van der Waals surface area contributed by atoms with Crippen LogP contribution < -0.4 is 31.3 Å². The number of imide groups is 1. The number of nitrogens with two attached hydrogens (primary N) is 1. The molecule has 57 heavy (non-hydrogen) atoms. The molecule has 5 amide bonds. The maximum Gasteiger partial charge on any atom is 0.328 e. The largest absolute Gasteiger partial charge is 0.457 e. The molecule has 0 spiro atoms. The molecule has 7 rings (SSSR count). The standard InChI is InChI=1S/C42H49N9O6/c1-48(26-28-56-27-21-44-31-9-11-32(12-10-31)50-25-18-36(52)46-42(50)55)22-19-37(53)49-23-16-29(17-24-49)35-15-20-45-41-38(40(43)54)39(47-51(35)41)30-7-13-34(14-8-30)57-33-5-3-2-4-6-33/h2-14,19,22,29,35,44-45H,15-18,20-21,23-28H2,1H3,(H2,43,54)(H,46,52,55)/b22-19+/t35-/m0/s1. The van der Waals surface area contributed by atoms with E-state index in [1.165, 1.54) is 0 Å². The van der Waals surface area contributed by atoms with Gasteiger partial charge in [-0.2, -0.15) is 5.10 Å². The summed E-state index contributed by atoms with van der Waals surface area (Å²) in [6, 6.07) is 24.2. The molecule has 1 aromatic heterocycles. The first-order valence-electron chi connectivity index (χ1n) is 19.4. The molecule has 2 saturated heterocycles. The number of ether oxygens (including phenoxy) is 2. The number of primary amides is 1. The molecule has 15 heteroatoms. The lowest BCUT2D eigenvalue weighted by molar-refractivity contribution is -0.127. The van der Waals surface area contributed by atoms with Gasteiger partial charge in [0.15, 0.2) is 0 Å². The summed E-state index contributed by atoms with van der Waals surface area (Å²) in [4.78, 5) is 54.7. The third-order valence-electron chi connectivity index (χ3n) is 10.6. The van der Waals surface area contributed by atoms with E-state index in [9.17, 15) is 19.2 Å².